The summed E-state index contributed by atoms with van der Waals surface area (Å²) in [5.41, 5.74) is 1.26. The van der Waals surface area contributed by atoms with E-state index < -0.39 is 0 Å². The van der Waals surface area contributed by atoms with Crippen molar-refractivity contribution < 1.29 is 9.47 Å². The highest BCUT2D eigenvalue weighted by molar-refractivity contribution is 5.80. The normalized spacial score (nSPS) is 21.4. The summed E-state index contributed by atoms with van der Waals surface area (Å²) in [6, 6.07) is 8.31. The number of morpholine rings is 1. The maximum atomic E-state index is 6.02. The number of hydrogen-bond donors (Lipinski definition) is 1. The molecule has 0 aliphatic carbocycles. The van der Waals surface area contributed by atoms with Gasteiger partial charge in [-0.3, -0.25) is 9.89 Å². The van der Waals surface area contributed by atoms with Gasteiger partial charge in [-0.15, -0.1) is 0 Å². The lowest BCUT2D eigenvalue weighted by molar-refractivity contribution is 0.0315. The number of aliphatic imine (C=N–C) groups is 1. The Morgan fingerprint density at radius 1 is 1.25 bits per heavy atom. The Morgan fingerprint density at radius 2 is 2.04 bits per heavy atom. The van der Waals surface area contributed by atoms with Gasteiger partial charge >= 0.3 is 0 Å². The highest BCUT2D eigenvalue weighted by Crippen LogP contribution is 2.25. The number of ether oxygens (including phenoxy) is 2. The van der Waals surface area contributed by atoms with Gasteiger partial charge in [-0.1, -0.05) is 32.0 Å². The monoisotopic (exact) mass is 388 g/mol. The van der Waals surface area contributed by atoms with Gasteiger partial charge in [0.1, 0.15) is 12.4 Å². The third kappa shape index (κ3) is 5.85. The fraction of sp³-hybridized carbons (Fsp3) is 0.682. The van der Waals surface area contributed by atoms with Crippen molar-refractivity contribution in [3.63, 3.8) is 0 Å². The van der Waals surface area contributed by atoms with Crippen molar-refractivity contribution in [3.8, 4) is 5.75 Å². The fourth-order valence-corrected chi connectivity index (χ4v) is 4.07. The second-order valence-corrected chi connectivity index (χ2v) is 8.03. The van der Waals surface area contributed by atoms with Crippen LogP contribution in [-0.4, -0.2) is 81.9 Å². The van der Waals surface area contributed by atoms with Gasteiger partial charge in [0.2, 0.25) is 0 Å². The molecule has 2 heterocycles. The van der Waals surface area contributed by atoms with Crippen molar-refractivity contribution in [2.24, 2.45) is 10.9 Å². The van der Waals surface area contributed by atoms with E-state index in [4.69, 9.17) is 9.47 Å². The first kappa shape index (κ1) is 20.9. The van der Waals surface area contributed by atoms with Crippen molar-refractivity contribution in [2.45, 2.75) is 26.2 Å². The van der Waals surface area contributed by atoms with Crippen LogP contribution in [0.4, 0.5) is 0 Å². The zero-order chi connectivity index (χ0) is 19.8. The van der Waals surface area contributed by atoms with Gasteiger partial charge in [0.05, 0.1) is 19.8 Å². The van der Waals surface area contributed by atoms with Crippen molar-refractivity contribution >= 4 is 5.96 Å². The van der Waals surface area contributed by atoms with Crippen LogP contribution < -0.4 is 10.1 Å². The first-order valence-electron chi connectivity index (χ1n) is 10.6. The van der Waals surface area contributed by atoms with Gasteiger partial charge in [0, 0.05) is 39.8 Å². The van der Waals surface area contributed by atoms with Crippen LogP contribution in [0.2, 0.25) is 0 Å². The van der Waals surface area contributed by atoms with E-state index in [9.17, 15) is 0 Å². The summed E-state index contributed by atoms with van der Waals surface area (Å²) in [6.07, 6.45) is 1.23. The summed E-state index contributed by atoms with van der Waals surface area (Å²) in [7, 11) is 1.87. The number of nitrogens with zero attached hydrogens (tertiary/aromatic N) is 3. The fourth-order valence-electron chi connectivity index (χ4n) is 4.07. The quantitative estimate of drug-likeness (QED) is 0.442. The molecular weight excluding hydrogens is 352 g/mol. The molecule has 0 saturated carbocycles. The molecule has 0 aromatic heterocycles. The van der Waals surface area contributed by atoms with Gasteiger partial charge in [0.25, 0.3) is 0 Å². The number of para-hydroxylation sites is 1. The van der Waals surface area contributed by atoms with Crippen LogP contribution >= 0.6 is 0 Å². The zero-order valence-corrected chi connectivity index (χ0v) is 17.7. The number of guanidine groups is 1. The summed E-state index contributed by atoms with van der Waals surface area (Å²) < 4.78 is 11.5. The number of likely N-dealkylation sites (tertiary alicyclic amines) is 1. The van der Waals surface area contributed by atoms with Gasteiger partial charge < -0.3 is 19.7 Å². The second-order valence-electron chi connectivity index (χ2n) is 8.03. The summed E-state index contributed by atoms with van der Waals surface area (Å²) in [5.74, 6) is 3.15. The van der Waals surface area contributed by atoms with E-state index in [0.717, 1.165) is 57.6 Å². The molecule has 0 amide bonds. The standard InChI is InChI=1S/C22H36N4O2/c1-18(2)20-6-4-5-7-21(20)28-13-9-24-22(23-3)26-10-8-19(17-26)16-25-11-14-27-15-12-25/h4-7,18-19H,8-17H2,1-3H3,(H,23,24). The molecule has 156 valence electrons. The molecule has 1 aromatic carbocycles. The first-order valence-corrected chi connectivity index (χ1v) is 10.6. The van der Waals surface area contributed by atoms with E-state index in [2.05, 4.69) is 52.2 Å². The number of hydrogen-bond acceptors (Lipinski definition) is 4. The number of rotatable bonds is 7. The van der Waals surface area contributed by atoms with Crippen molar-refractivity contribution in [2.75, 3.05) is 66.1 Å². The Hall–Kier alpha value is -1.79. The van der Waals surface area contributed by atoms with Gasteiger partial charge in [-0.25, -0.2) is 0 Å². The predicted molar refractivity (Wildman–Crippen MR) is 114 cm³/mol. The molecule has 1 unspecified atom stereocenters. The van der Waals surface area contributed by atoms with Gasteiger partial charge in [-0.05, 0) is 29.9 Å². The van der Waals surface area contributed by atoms with E-state index >= 15 is 0 Å². The van der Waals surface area contributed by atoms with E-state index in [1.54, 1.807) is 0 Å². The second kappa shape index (κ2) is 10.7. The first-order chi connectivity index (χ1) is 13.7. The lowest BCUT2D eigenvalue weighted by atomic mass is 10.0. The summed E-state index contributed by atoms with van der Waals surface area (Å²) in [4.78, 5) is 9.40. The molecule has 0 radical (unpaired) electrons. The molecule has 1 aromatic rings. The van der Waals surface area contributed by atoms with Crippen LogP contribution in [0.5, 0.6) is 5.75 Å². The average molecular weight is 389 g/mol. The van der Waals surface area contributed by atoms with Gasteiger partial charge in [-0.2, -0.15) is 0 Å². The molecule has 1 N–H and O–H groups in total. The molecule has 1 atom stereocenters. The molecule has 0 bridgehead atoms. The largest absolute Gasteiger partial charge is 0.491 e. The molecule has 3 rings (SSSR count). The highest BCUT2D eigenvalue weighted by atomic mass is 16.5. The van der Waals surface area contributed by atoms with Crippen molar-refractivity contribution in [1.29, 1.82) is 0 Å². The SMILES string of the molecule is CN=C(NCCOc1ccccc1C(C)C)N1CCC(CN2CCOCC2)C1. The minimum atomic E-state index is 0.463. The molecule has 6 heteroatoms. The third-order valence-electron chi connectivity index (χ3n) is 5.60. The smallest absolute Gasteiger partial charge is 0.193 e. The summed E-state index contributed by atoms with van der Waals surface area (Å²) in [5, 5.41) is 3.47. The Morgan fingerprint density at radius 3 is 2.79 bits per heavy atom. The molecule has 2 fully saturated rings. The molecule has 0 spiro atoms. The molecule has 2 saturated heterocycles. The van der Waals surface area contributed by atoms with Crippen LogP contribution in [0.1, 0.15) is 31.7 Å². The Kier molecular flexibility index (Phi) is 7.98. The lowest BCUT2D eigenvalue weighted by Gasteiger charge is -2.29. The topological polar surface area (TPSA) is 49.3 Å². The van der Waals surface area contributed by atoms with E-state index in [-0.39, 0.29) is 0 Å². The van der Waals surface area contributed by atoms with Crippen molar-refractivity contribution in [3.05, 3.63) is 29.8 Å². The maximum Gasteiger partial charge on any atom is 0.193 e. The highest BCUT2D eigenvalue weighted by Gasteiger charge is 2.27. The predicted octanol–water partition coefficient (Wildman–Crippen LogP) is 2.42. The lowest BCUT2D eigenvalue weighted by Crippen LogP contribution is -2.43. The van der Waals surface area contributed by atoms with Crippen LogP contribution in [0.3, 0.4) is 0 Å². The van der Waals surface area contributed by atoms with Crippen LogP contribution in [0.15, 0.2) is 29.3 Å². The minimum Gasteiger partial charge on any atom is -0.491 e. The summed E-state index contributed by atoms with van der Waals surface area (Å²) >= 11 is 0. The Balaban J connectivity index is 1.40. The van der Waals surface area contributed by atoms with Crippen LogP contribution in [0.25, 0.3) is 0 Å². The zero-order valence-electron chi connectivity index (χ0n) is 17.7. The minimum absolute atomic E-state index is 0.463. The van der Waals surface area contributed by atoms with E-state index in [1.165, 1.54) is 18.5 Å². The Labute approximate surface area is 169 Å². The van der Waals surface area contributed by atoms with Gasteiger partial charge in [0.15, 0.2) is 5.96 Å². The summed E-state index contributed by atoms with van der Waals surface area (Å²) in [6.45, 7) is 13.0. The molecular formula is C22H36N4O2. The molecule has 6 nitrogen and oxygen atoms in total. The maximum absolute atomic E-state index is 6.02. The average Bonchev–Trinajstić information content (AvgIpc) is 3.17. The van der Waals surface area contributed by atoms with E-state index in [1.807, 2.05) is 13.1 Å². The van der Waals surface area contributed by atoms with Crippen LogP contribution in [0, 0.1) is 5.92 Å². The van der Waals surface area contributed by atoms with E-state index in [0.29, 0.717) is 18.4 Å². The number of nitrogens with one attached hydrogen (secondary N) is 1. The third-order valence-corrected chi connectivity index (χ3v) is 5.60. The molecule has 2 aliphatic rings. The van der Waals surface area contributed by atoms with Crippen molar-refractivity contribution in [1.82, 2.24) is 15.1 Å². The molecule has 2 aliphatic heterocycles. The Bertz CT molecular complexity index is 629. The molecule has 28 heavy (non-hydrogen) atoms. The van der Waals surface area contributed by atoms with Crippen LogP contribution in [-0.2, 0) is 4.74 Å². The number of benzene rings is 1.